The monoisotopic (exact) mass is 241 g/mol. The highest BCUT2D eigenvalue weighted by Gasteiger charge is 2.34. The van der Waals surface area contributed by atoms with Crippen LogP contribution in [0.25, 0.3) is 11.3 Å². The molecular formula is C10H6F3N3O. The molecule has 2 aromatic rings. The number of rotatable bonds is 1. The second-order valence-corrected chi connectivity index (χ2v) is 3.21. The average Bonchev–Trinajstić information content (AvgIpc) is 2.28. The van der Waals surface area contributed by atoms with Gasteiger partial charge in [-0.15, -0.1) is 0 Å². The van der Waals surface area contributed by atoms with E-state index < -0.39 is 17.6 Å². The molecule has 0 saturated carbocycles. The molecule has 0 spiro atoms. The van der Waals surface area contributed by atoms with Crippen molar-refractivity contribution in [2.75, 3.05) is 0 Å². The van der Waals surface area contributed by atoms with Crippen LogP contribution in [0.2, 0.25) is 0 Å². The van der Waals surface area contributed by atoms with Gasteiger partial charge >= 0.3 is 6.18 Å². The average molecular weight is 241 g/mol. The summed E-state index contributed by atoms with van der Waals surface area (Å²) in [6.45, 7) is 0. The number of hydrogen-bond acceptors (Lipinski definition) is 3. The minimum Gasteiger partial charge on any atom is -0.303 e. The third-order valence-electron chi connectivity index (χ3n) is 1.99. The SMILES string of the molecule is O=c1cc(-c2ccncc2)nc(C(F)(F)F)[nH]1. The quantitative estimate of drug-likeness (QED) is 0.828. The number of nitrogens with one attached hydrogen (secondary N) is 1. The Morgan fingerprint density at radius 2 is 1.82 bits per heavy atom. The van der Waals surface area contributed by atoms with Crippen molar-refractivity contribution < 1.29 is 13.2 Å². The largest absolute Gasteiger partial charge is 0.449 e. The fourth-order valence-corrected chi connectivity index (χ4v) is 1.26. The van der Waals surface area contributed by atoms with Gasteiger partial charge < -0.3 is 4.98 Å². The number of hydrogen-bond donors (Lipinski definition) is 1. The van der Waals surface area contributed by atoms with Crippen LogP contribution in [0, 0.1) is 0 Å². The van der Waals surface area contributed by atoms with E-state index in [-0.39, 0.29) is 5.69 Å². The number of nitrogens with zero attached hydrogens (tertiary/aromatic N) is 2. The van der Waals surface area contributed by atoms with Crippen LogP contribution in [0.5, 0.6) is 0 Å². The van der Waals surface area contributed by atoms with Crippen LogP contribution in [-0.4, -0.2) is 15.0 Å². The minimum absolute atomic E-state index is 0.0384. The van der Waals surface area contributed by atoms with Gasteiger partial charge in [-0.1, -0.05) is 0 Å². The lowest BCUT2D eigenvalue weighted by Gasteiger charge is -2.06. The van der Waals surface area contributed by atoms with Crippen molar-refractivity contribution in [1.82, 2.24) is 15.0 Å². The summed E-state index contributed by atoms with van der Waals surface area (Å²) in [4.78, 5) is 19.9. The van der Waals surface area contributed by atoms with Crippen LogP contribution in [0.4, 0.5) is 13.2 Å². The number of pyridine rings is 1. The van der Waals surface area contributed by atoms with E-state index in [0.29, 0.717) is 5.56 Å². The number of alkyl halides is 3. The fourth-order valence-electron chi connectivity index (χ4n) is 1.26. The summed E-state index contributed by atoms with van der Waals surface area (Å²) in [5.41, 5.74) is -0.487. The normalized spacial score (nSPS) is 11.5. The molecule has 0 aliphatic carbocycles. The molecule has 2 rings (SSSR count). The molecule has 1 N–H and O–H groups in total. The fraction of sp³-hybridized carbons (Fsp3) is 0.100. The van der Waals surface area contributed by atoms with Crippen LogP contribution in [0.15, 0.2) is 35.4 Å². The smallest absolute Gasteiger partial charge is 0.303 e. The molecule has 0 radical (unpaired) electrons. The highest BCUT2D eigenvalue weighted by molar-refractivity contribution is 5.57. The van der Waals surface area contributed by atoms with Crippen LogP contribution in [0.1, 0.15) is 5.82 Å². The summed E-state index contributed by atoms with van der Waals surface area (Å²) in [6, 6.07) is 3.95. The Balaban J connectivity index is 2.58. The van der Waals surface area contributed by atoms with E-state index >= 15 is 0 Å². The third-order valence-corrected chi connectivity index (χ3v) is 1.99. The molecule has 17 heavy (non-hydrogen) atoms. The molecule has 4 nitrogen and oxygen atoms in total. The Morgan fingerprint density at radius 1 is 1.18 bits per heavy atom. The molecule has 0 atom stereocenters. The van der Waals surface area contributed by atoms with Crippen molar-refractivity contribution in [2.24, 2.45) is 0 Å². The Hall–Kier alpha value is -2.18. The molecule has 0 unspecified atom stereocenters. The maximum atomic E-state index is 12.4. The van der Waals surface area contributed by atoms with Crippen LogP contribution < -0.4 is 5.56 Å². The first-order valence-electron chi connectivity index (χ1n) is 4.56. The molecule has 0 aliphatic rings. The zero-order chi connectivity index (χ0) is 12.5. The summed E-state index contributed by atoms with van der Waals surface area (Å²) in [5, 5.41) is 0. The first-order valence-corrected chi connectivity index (χ1v) is 4.56. The molecule has 2 heterocycles. The summed E-state index contributed by atoms with van der Waals surface area (Å²) in [7, 11) is 0. The summed E-state index contributed by atoms with van der Waals surface area (Å²) in [6.07, 6.45) is -1.86. The van der Waals surface area contributed by atoms with Crippen LogP contribution >= 0.6 is 0 Å². The first-order chi connectivity index (χ1) is 7.97. The Morgan fingerprint density at radius 3 is 2.41 bits per heavy atom. The highest BCUT2D eigenvalue weighted by atomic mass is 19.4. The maximum absolute atomic E-state index is 12.4. The van der Waals surface area contributed by atoms with Gasteiger partial charge in [0.05, 0.1) is 5.69 Å². The molecule has 0 bridgehead atoms. The van der Waals surface area contributed by atoms with Gasteiger partial charge in [0, 0.05) is 24.0 Å². The summed E-state index contributed by atoms with van der Waals surface area (Å²) in [5.74, 6) is -1.31. The topological polar surface area (TPSA) is 58.6 Å². The second kappa shape index (κ2) is 4.00. The van der Waals surface area contributed by atoms with Gasteiger partial charge in [-0.3, -0.25) is 9.78 Å². The summed E-state index contributed by atoms with van der Waals surface area (Å²) < 4.78 is 37.3. The number of halogens is 3. The molecule has 0 aromatic carbocycles. The number of aromatic amines is 1. The molecule has 0 saturated heterocycles. The van der Waals surface area contributed by atoms with Gasteiger partial charge in [0.15, 0.2) is 0 Å². The number of aromatic nitrogens is 3. The predicted octanol–water partition coefficient (Wildman–Crippen LogP) is 1.85. The van der Waals surface area contributed by atoms with Crippen molar-refractivity contribution in [1.29, 1.82) is 0 Å². The van der Waals surface area contributed by atoms with Crippen molar-refractivity contribution >= 4 is 0 Å². The van der Waals surface area contributed by atoms with Crippen molar-refractivity contribution in [3.05, 3.63) is 46.8 Å². The van der Waals surface area contributed by atoms with Crippen molar-refractivity contribution in [2.45, 2.75) is 6.18 Å². The lowest BCUT2D eigenvalue weighted by Crippen LogP contribution is -2.18. The Bertz CT molecular complexity index is 577. The molecule has 0 amide bonds. The number of H-pyrrole nitrogens is 1. The van der Waals surface area contributed by atoms with Crippen LogP contribution in [0.3, 0.4) is 0 Å². The zero-order valence-corrected chi connectivity index (χ0v) is 8.32. The third kappa shape index (κ3) is 2.49. The molecule has 88 valence electrons. The van der Waals surface area contributed by atoms with Crippen molar-refractivity contribution in [3.63, 3.8) is 0 Å². The second-order valence-electron chi connectivity index (χ2n) is 3.21. The molecule has 7 heteroatoms. The van der Waals surface area contributed by atoms with E-state index in [9.17, 15) is 18.0 Å². The van der Waals surface area contributed by atoms with Gasteiger partial charge in [0.1, 0.15) is 0 Å². The lowest BCUT2D eigenvalue weighted by molar-refractivity contribution is -0.145. The highest BCUT2D eigenvalue weighted by Crippen LogP contribution is 2.26. The minimum atomic E-state index is -4.68. The van der Waals surface area contributed by atoms with Gasteiger partial charge in [0.25, 0.3) is 5.56 Å². The predicted molar refractivity (Wildman–Crippen MR) is 53.1 cm³/mol. The van der Waals surface area contributed by atoms with E-state index in [4.69, 9.17) is 0 Å². The zero-order valence-electron chi connectivity index (χ0n) is 8.32. The van der Waals surface area contributed by atoms with Gasteiger partial charge in [0.2, 0.25) is 5.82 Å². The first kappa shape index (κ1) is 11.3. The summed E-state index contributed by atoms with van der Waals surface area (Å²) >= 11 is 0. The standard InChI is InChI=1S/C10H6F3N3O/c11-10(12,13)9-15-7(5-8(17)16-9)6-1-3-14-4-2-6/h1-5H,(H,15,16,17). The van der Waals surface area contributed by atoms with E-state index in [1.807, 2.05) is 0 Å². The van der Waals surface area contributed by atoms with Gasteiger partial charge in [-0.05, 0) is 12.1 Å². The van der Waals surface area contributed by atoms with Crippen molar-refractivity contribution in [3.8, 4) is 11.3 Å². The Kier molecular flexibility index (Phi) is 2.66. The Labute approximate surface area is 93.2 Å². The molecule has 0 fully saturated rings. The lowest BCUT2D eigenvalue weighted by atomic mass is 10.2. The van der Waals surface area contributed by atoms with E-state index in [0.717, 1.165) is 6.07 Å². The van der Waals surface area contributed by atoms with Gasteiger partial charge in [-0.25, -0.2) is 4.98 Å². The van der Waals surface area contributed by atoms with E-state index in [2.05, 4.69) is 9.97 Å². The molecular weight excluding hydrogens is 235 g/mol. The maximum Gasteiger partial charge on any atom is 0.449 e. The van der Waals surface area contributed by atoms with E-state index in [1.54, 1.807) is 4.98 Å². The van der Waals surface area contributed by atoms with Crippen LogP contribution in [-0.2, 0) is 6.18 Å². The molecule has 2 aromatic heterocycles. The van der Waals surface area contributed by atoms with E-state index in [1.165, 1.54) is 24.5 Å². The van der Waals surface area contributed by atoms with Gasteiger partial charge in [-0.2, -0.15) is 13.2 Å². The molecule has 0 aliphatic heterocycles.